The molecule has 0 atom stereocenters. The summed E-state index contributed by atoms with van der Waals surface area (Å²) in [5, 5.41) is 9.27. The molecule has 0 unspecified atom stereocenters. The molecule has 3 heteroatoms. The van der Waals surface area contributed by atoms with Crippen LogP contribution in [0.25, 0.3) is 5.03 Å². The van der Waals surface area contributed by atoms with Crippen LogP contribution >= 0.6 is 11.6 Å². The second-order valence-corrected chi connectivity index (χ2v) is 2.87. The van der Waals surface area contributed by atoms with Gasteiger partial charge in [0.05, 0.1) is 11.1 Å². The smallest absolute Gasteiger partial charge is 0.0962 e. The van der Waals surface area contributed by atoms with Gasteiger partial charge in [-0.2, -0.15) is 5.26 Å². The van der Waals surface area contributed by atoms with E-state index in [1.807, 2.05) is 6.92 Å². The highest BCUT2D eigenvalue weighted by atomic mass is 35.5. The molecule has 0 aliphatic carbocycles. The first kappa shape index (κ1) is 9.76. The fourth-order valence-corrected chi connectivity index (χ4v) is 1.26. The van der Waals surface area contributed by atoms with Gasteiger partial charge in [-0.25, -0.2) is 0 Å². The zero-order valence-corrected chi connectivity index (χ0v) is 8.04. The third-order valence-corrected chi connectivity index (χ3v) is 2.13. The predicted octanol–water partition coefficient (Wildman–Crippen LogP) is 2.97. The average Bonchev–Trinajstić information content (AvgIpc) is 2.21. The van der Waals surface area contributed by atoms with Gasteiger partial charge < -0.3 is 0 Å². The molecule has 0 aliphatic heterocycles. The number of nitriles is 1. The molecule has 0 fully saturated rings. The molecule has 1 aromatic heterocycles. The summed E-state index contributed by atoms with van der Waals surface area (Å²) < 4.78 is 0. The monoisotopic (exact) mass is 192 g/mol. The summed E-state index contributed by atoms with van der Waals surface area (Å²) in [6.07, 6.45) is 3.96. The van der Waals surface area contributed by atoms with Crippen LogP contribution in [-0.4, -0.2) is 4.98 Å². The minimum Gasteiger partial charge on any atom is -0.265 e. The van der Waals surface area contributed by atoms with Crippen molar-refractivity contribution in [1.82, 2.24) is 4.98 Å². The van der Waals surface area contributed by atoms with Gasteiger partial charge in [0.1, 0.15) is 0 Å². The van der Waals surface area contributed by atoms with Crippen molar-refractivity contribution in [2.24, 2.45) is 0 Å². The van der Waals surface area contributed by atoms with E-state index in [9.17, 15) is 0 Å². The van der Waals surface area contributed by atoms with Crippen molar-refractivity contribution < 1.29 is 0 Å². The van der Waals surface area contributed by atoms with Crippen LogP contribution in [0.1, 0.15) is 18.9 Å². The summed E-state index contributed by atoms with van der Waals surface area (Å²) in [6, 6.07) is 5.65. The fourth-order valence-electron chi connectivity index (χ4n) is 0.956. The van der Waals surface area contributed by atoms with Crippen molar-refractivity contribution >= 4 is 16.6 Å². The van der Waals surface area contributed by atoms with Crippen LogP contribution < -0.4 is 0 Å². The molecule has 2 nitrogen and oxygen atoms in total. The highest BCUT2D eigenvalue weighted by Crippen LogP contribution is 2.23. The zero-order valence-electron chi connectivity index (χ0n) is 7.29. The van der Waals surface area contributed by atoms with E-state index >= 15 is 0 Å². The Morgan fingerprint density at radius 1 is 1.54 bits per heavy atom. The third kappa shape index (κ3) is 2.30. The second kappa shape index (κ2) is 4.64. The quantitative estimate of drug-likeness (QED) is 0.676. The summed E-state index contributed by atoms with van der Waals surface area (Å²) in [4.78, 5) is 3.87. The van der Waals surface area contributed by atoms with E-state index in [1.54, 1.807) is 24.5 Å². The number of hydrogen-bond donors (Lipinski definition) is 0. The van der Waals surface area contributed by atoms with E-state index in [4.69, 9.17) is 16.9 Å². The Hall–Kier alpha value is -1.33. The van der Waals surface area contributed by atoms with E-state index in [0.29, 0.717) is 17.0 Å². The average molecular weight is 193 g/mol. The molecule has 0 saturated carbocycles. The van der Waals surface area contributed by atoms with Crippen LogP contribution in [-0.2, 0) is 0 Å². The van der Waals surface area contributed by atoms with Crippen LogP contribution in [0.15, 0.2) is 30.1 Å². The molecule has 0 bridgehead atoms. The van der Waals surface area contributed by atoms with Crippen LogP contribution in [0.2, 0.25) is 0 Å². The van der Waals surface area contributed by atoms with Gasteiger partial charge in [0.15, 0.2) is 0 Å². The molecule has 0 radical (unpaired) electrons. The molecule has 0 amide bonds. The van der Waals surface area contributed by atoms with Crippen molar-refractivity contribution in [3.05, 3.63) is 35.7 Å². The SMILES string of the molecule is CCC(C#N)=C(Cl)c1ccncc1. The van der Waals surface area contributed by atoms with Crippen LogP contribution in [0.3, 0.4) is 0 Å². The summed E-state index contributed by atoms with van der Waals surface area (Å²) in [5.41, 5.74) is 1.45. The second-order valence-electron chi connectivity index (χ2n) is 2.49. The number of allylic oxidation sites excluding steroid dienone is 1. The van der Waals surface area contributed by atoms with Gasteiger partial charge in [-0.15, -0.1) is 0 Å². The molecule has 13 heavy (non-hydrogen) atoms. The number of pyridine rings is 1. The summed E-state index contributed by atoms with van der Waals surface area (Å²) >= 11 is 6.00. The maximum atomic E-state index is 8.75. The van der Waals surface area contributed by atoms with Gasteiger partial charge in [-0.1, -0.05) is 18.5 Å². The van der Waals surface area contributed by atoms with Crippen LogP contribution in [0.4, 0.5) is 0 Å². The molecule has 1 heterocycles. The van der Waals surface area contributed by atoms with Crippen LogP contribution in [0, 0.1) is 11.3 Å². The molecule has 0 aromatic carbocycles. The first-order chi connectivity index (χ1) is 6.29. The topological polar surface area (TPSA) is 36.7 Å². The molecular weight excluding hydrogens is 184 g/mol. The van der Waals surface area contributed by atoms with Crippen molar-refractivity contribution in [3.8, 4) is 6.07 Å². The third-order valence-electron chi connectivity index (χ3n) is 1.69. The lowest BCUT2D eigenvalue weighted by atomic mass is 10.1. The Morgan fingerprint density at radius 3 is 2.62 bits per heavy atom. The van der Waals surface area contributed by atoms with E-state index < -0.39 is 0 Å². The fraction of sp³-hybridized carbons (Fsp3) is 0.200. The predicted molar refractivity (Wildman–Crippen MR) is 52.9 cm³/mol. The Morgan fingerprint density at radius 2 is 2.15 bits per heavy atom. The molecule has 0 spiro atoms. The summed E-state index contributed by atoms with van der Waals surface area (Å²) in [6.45, 7) is 1.90. The lowest BCUT2D eigenvalue weighted by molar-refractivity contribution is 1.16. The van der Waals surface area contributed by atoms with Gasteiger partial charge in [0.25, 0.3) is 0 Å². The Bertz CT molecular complexity index is 349. The number of rotatable bonds is 2. The number of aromatic nitrogens is 1. The Labute approximate surface area is 82.5 Å². The molecule has 1 aromatic rings. The van der Waals surface area contributed by atoms with Gasteiger partial charge in [0, 0.05) is 18.0 Å². The number of hydrogen-bond acceptors (Lipinski definition) is 2. The molecule has 66 valence electrons. The molecule has 0 saturated heterocycles. The maximum absolute atomic E-state index is 8.75. The largest absolute Gasteiger partial charge is 0.265 e. The van der Waals surface area contributed by atoms with E-state index in [1.165, 1.54) is 0 Å². The van der Waals surface area contributed by atoms with Gasteiger partial charge in [-0.3, -0.25) is 4.98 Å². The Kier molecular flexibility index (Phi) is 3.48. The molecular formula is C10H9ClN2. The highest BCUT2D eigenvalue weighted by Gasteiger charge is 2.03. The minimum atomic E-state index is 0.521. The molecule has 0 aliphatic rings. The molecule has 1 rings (SSSR count). The zero-order chi connectivity index (χ0) is 9.68. The first-order valence-corrected chi connectivity index (χ1v) is 4.36. The van der Waals surface area contributed by atoms with E-state index in [-0.39, 0.29) is 0 Å². The van der Waals surface area contributed by atoms with Crippen LogP contribution in [0.5, 0.6) is 0 Å². The maximum Gasteiger partial charge on any atom is 0.0962 e. The lowest BCUT2D eigenvalue weighted by Gasteiger charge is -2.00. The summed E-state index contributed by atoms with van der Waals surface area (Å²) in [5.74, 6) is 0. The van der Waals surface area contributed by atoms with Gasteiger partial charge in [-0.05, 0) is 24.1 Å². The highest BCUT2D eigenvalue weighted by molar-refractivity contribution is 6.49. The summed E-state index contributed by atoms with van der Waals surface area (Å²) in [7, 11) is 0. The number of halogens is 1. The molecule has 0 N–H and O–H groups in total. The minimum absolute atomic E-state index is 0.521. The van der Waals surface area contributed by atoms with Gasteiger partial charge >= 0.3 is 0 Å². The normalized spacial score (nSPS) is 11.8. The van der Waals surface area contributed by atoms with Crippen molar-refractivity contribution in [2.75, 3.05) is 0 Å². The van der Waals surface area contributed by atoms with Gasteiger partial charge in [0.2, 0.25) is 0 Å². The van der Waals surface area contributed by atoms with E-state index in [0.717, 1.165) is 5.56 Å². The van der Waals surface area contributed by atoms with Crippen molar-refractivity contribution in [3.63, 3.8) is 0 Å². The van der Waals surface area contributed by atoms with Crippen molar-refractivity contribution in [1.29, 1.82) is 5.26 Å². The Balaban J connectivity index is 3.11. The lowest BCUT2D eigenvalue weighted by Crippen LogP contribution is -1.83. The standard InChI is InChI=1S/C10H9ClN2/c1-2-8(7-12)10(11)9-3-5-13-6-4-9/h3-6H,2H2,1H3. The number of nitrogens with zero attached hydrogens (tertiary/aromatic N) is 2. The van der Waals surface area contributed by atoms with E-state index in [2.05, 4.69) is 11.1 Å². The van der Waals surface area contributed by atoms with Crippen molar-refractivity contribution in [2.45, 2.75) is 13.3 Å². The first-order valence-electron chi connectivity index (χ1n) is 3.98.